The van der Waals surface area contributed by atoms with E-state index in [0.29, 0.717) is 0 Å². The molecule has 68 valence electrons. The summed E-state index contributed by atoms with van der Waals surface area (Å²) in [6, 6.07) is 10.5. The van der Waals surface area contributed by atoms with Crippen LogP contribution in [0.15, 0.2) is 43.0 Å². The van der Waals surface area contributed by atoms with Gasteiger partial charge in [-0.25, -0.2) is 0 Å². The van der Waals surface area contributed by atoms with Crippen LogP contribution in [-0.4, -0.2) is 6.04 Å². The Kier molecular flexibility index (Phi) is 2.43. The number of rotatable bonds is 2. The predicted molar refractivity (Wildman–Crippen MR) is 52.0 cm³/mol. The van der Waals surface area contributed by atoms with Crippen LogP contribution in [0.5, 0.6) is 0 Å². The number of hydroxylamine groups is 1. The van der Waals surface area contributed by atoms with Gasteiger partial charge in [0.25, 0.3) is 0 Å². The molecular weight excluding hydrogens is 162 g/mol. The van der Waals surface area contributed by atoms with E-state index in [9.17, 15) is 0 Å². The molecule has 2 heteroatoms. The van der Waals surface area contributed by atoms with Gasteiger partial charge in [-0.1, -0.05) is 36.4 Å². The number of hydrogen-bond acceptors (Lipinski definition) is 2. The zero-order valence-corrected chi connectivity index (χ0v) is 7.44. The molecule has 1 saturated heterocycles. The van der Waals surface area contributed by atoms with E-state index in [-0.39, 0.29) is 12.1 Å². The third kappa shape index (κ3) is 1.79. The molecule has 0 unspecified atom stereocenters. The highest BCUT2D eigenvalue weighted by Crippen LogP contribution is 2.26. The fraction of sp³-hybridized carbons (Fsp3) is 0.273. The van der Waals surface area contributed by atoms with Gasteiger partial charge in [-0.15, -0.1) is 6.58 Å². The molecule has 0 aromatic heterocycles. The summed E-state index contributed by atoms with van der Waals surface area (Å²) in [4.78, 5) is 5.42. The molecular formula is C11H13NO. The van der Waals surface area contributed by atoms with E-state index in [1.807, 2.05) is 24.3 Å². The molecule has 0 saturated carbocycles. The second-order valence-electron chi connectivity index (χ2n) is 3.21. The quantitative estimate of drug-likeness (QED) is 0.696. The van der Waals surface area contributed by atoms with Crippen molar-refractivity contribution >= 4 is 0 Å². The zero-order chi connectivity index (χ0) is 9.10. The van der Waals surface area contributed by atoms with Gasteiger partial charge in [0.15, 0.2) is 0 Å². The maximum absolute atomic E-state index is 5.42. The minimum atomic E-state index is 0.171. The minimum Gasteiger partial charge on any atom is -0.293 e. The van der Waals surface area contributed by atoms with Crippen molar-refractivity contribution in [3.8, 4) is 0 Å². The van der Waals surface area contributed by atoms with Gasteiger partial charge in [0.2, 0.25) is 0 Å². The Bertz CT molecular complexity index is 283. The van der Waals surface area contributed by atoms with Crippen molar-refractivity contribution < 1.29 is 4.84 Å². The Morgan fingerprint density at radius 3 is 2.77 bits per heavy atom. The van der Waals surface area contributed by atoms with Gasteiger partial charge in [-0.2, -0.15) is 5.48 Å². The van der Waals surface area contributed by atoms with E-state index in [1.54, 1.807) is 0 Å². The van der Waals surface area contributed by atoms with Crippen LogP contribution in [-0.2, 0) is 4.84 Å². The Hall–Kier alpha value is -1.12. The standard InChI is InChI=1S/C11H13NO/c1-2-10-8-11(13-12-10)9-6-4-3-5-7-9/h2-7,10-12H,1,8H2/t10-,11-/m0/s1. The molecule has 1 aliphatic rings. The average Bonchev–Trinajstić information content (AvgIpc) is 2.67. The SMILES string of the molecule is C=C[C@H]1C[C@@H](c2ccccc2)ON1. The van der Waals surface area contributed by atoms with Crippen LogP contribution in [0, 0.1) is 0 Å². The molecule has 0 radical (unpaired) electrons. The van der Waals surface area contributed by atoms with Crippen molar-refractivity contribution in [2.24, 2.45) is 0 Å². The molecule has 1 heterocycles. The molecule has 0 bridgehead atoms. The smallest absolute Gasteiger partial charge is 0.106 e. The molecule has 13 heavy (non-hydrogen) atoms. The van der Waals surface area contributed by atoms with Crippen molar-refractivity contribution in [3.63, 3.8) is 0 Å². The van der Waals surface area contributed by atoms with Crippen molar-refractivity contribution in [1.29, 1.82) is 0 Å². The molecule has 1 N–H and O–H groups in total. The fourth-order valence-corrected chi connectivity index (χ4v) is 1.51. The van der Waals surface area contributed by atoms with E-state index >= 15 is 0 Å². The van der Waals surface area contributed by atoms with Gasteiger partial charge >= 0.3 is 0 Å². The number of benzene rings is 1. The van der Waals surface area contributed by atoms with Crippen molar-refractivity contribution in [2.45, 2.75) is 18.6 Å². The van der Waals surface area contributed by atoms with E-state index in [0.717, 1.165) is 6.42 Å². The topological polar surface area (TPSA) is 21.3 Å². The van der Waals surface area contributed by atoms with Crippen LogP contribution in [0.1, 0.15) is 18.1 Å². The first-order valence-corrected chi connectivity index (χ1v) is 4.49. The first-order valence-electron chi connectivity index (χ1n) is 4.49. The molecule has 1 aromatic carbocycles. The van der Waals surface area contributed by atoms with Crippen molar-refractivity contribution in [1.82, 2.24) is 5.48 Å². The maximum Gasteiger partial charge on any atom is 0.106 e. The van der Waals surface area contributed by atoms with Gasteiger partial charge in [0, 0.05) is 6.42 Å². The van der Waals surface area contributed by atoms with E-state index in [4.69, 9.17) is 4.84 Å². The van der Waals surface area contributed by atoms with Crippen LogP contribution in [0.2, 0.25) is 0 Å². The summed E-state index contributed by atoms with van der Waals surface area (Å²) in [5.74, 6) is 0. The summed E-state index contributed by atoms with van der Waals surface area (Å²) in [7, 11) is 0. The molecule has 1 aliphatic heterocycles. The Labute approximate surface area is 78.2 Å². The van der Waals surface area contributed by atoms with Crippen molar-refractivity contribution in [3.05, 3.63) is 48.6 Å². The molecule has 2 nitrogen and oxygen atoms in total. The number of nitrogens with one attached hydrogen (secondary N) is 1. The summed E-state index contributed by atoms with van der Waals surface area (Å²) in [6.45, 7) is 3.73. The Morgan fingerprint density at radius 2 is 2.15 bits per heavy atom. The average molecular weight is 175 g/mol. The van der Waals surface area contributed by atoms with E-state index in [1.165, 1.54) is 5.56 Å². The van der Waals surface area contributed by atoms with Gasteiger partial charge in [0.05, 0.1) is 6.04 Å². The lowest BCUT2D eigenvalue weighted by Gasteiger charge is -2.06. The van der Waals surface area contributed by atoms with Crippen LogP contribution < -0.4 is 5.48 Å². The van der Waals surface area contributed by atoms with Gasteiger partial charge < -0.3 is 0 Å². The predicted octanol–water partition coefficient (Wildman–Crippen LogP) is 2.21. The van der Waals surface area contributed by atoms with E-state index < -0.39 is 0 Å². The highest BCUT2D eigenvalue weighted by atomic mass is 16.7. The third-order valence-corrected chi connectivity index (χ3v) is 2.29. The summed E-state index contributed by atoms with van der Waals surface area (Å²) < 4.78 is 0. The Balaban J connectivity index is 2.08. The van der Waals surface area contributed by atoms with Gasteiger partial charge in [0.1, 0.15) is 6.10 Å². The van der Waals surface area contributed by atoms with E-state index in [2.05, 4.69) is 24.2 Å². The fourth-order valence-electron chi connectivity index (χ4n) is 1.51. The maximum atomic E-state index is 5.42. The second-order valence-corrected chi connectivity index (χ2v) is 3.21. The molecule has 0 spiro atoms. The van der Waals surface area contributed by atoms with Crippen LogP contribution in [0.25, 0.3) is 0 Å². The van der Waals surface area contributed by atoms with Gasteiger partial charge in [-0.05, 0) is 5.56 Å². The summed E-state index contributed by atoms with van der Waals surface area (Å²) in [5.41, 5.74) is 4.16. The lowest BCUT2D eigenvalue weighted by molar-refractivity contribution is 0.0290. The molecule has 1 aromatic rings. The molecule has 0 amide bonds. The zero-order valence-electron chi connectivity index (χ0n) is 7.44. The van der Waals surface area contributed by atoms with Crippen LogP contribution >= 0.6 is 0 Å². The molecule has 2 rings (SSSR count). The largest absolute Gasteiger partial charge is 0.293 e. The third-order valence-electron chi connectivity index (χ3n) is 2.29. The lowest BCUT2D eigenvalue weighted by Crippen LogP contribution is -2.16. The molecule has 2 atom stereocenters. The first kappa shape index (κ1) is 8.48. The van der Waals surface area contributed by atoms with Crippen molar-refractivity contribution in [2.75, 3.05) is 0 Å². The highest BCUT2D eigenvalue weighted by Gasteiger charge is 2.23. The Morgan fingerprint density at radius 1 is 1.38 bits per heavy atom. The summed E-state index contributed by atoms with van der Waals surface area (Å²) in [5, 5.41) is 0. The van der Waals surface area contributed by atoms with Crippen LogP contribution in [0.4, 0.5) is 0 Å². The monoisotopic (exact) mass is 175 g/mol. The second kappa shape index (κ2) is 3.73. The minimum absolute atomic E-state index is 0.171. The van der Waals surface area contributed by atoms with Crippen LogP contribution in [0.3, 0.4) is 0 Å². The lowest BCUT2D eigenvalue weighted by atomic mass is 10.0. The molecule has 0 aliphatic carbocycles. The van der Waals surface area contributed by atoms with Gasteiger partial charge in [-0.3, -0.25) is 4.84 Å². The summed E-state index contributed by atoms with van der Waals surface area (Å²) >= 11 is 0. The summed E-state index contributed by atoms with van der Waals surface area (Å²) in [6.07, 6.45) is 3.01. The molecule has 1 fully saturated rings. The number of hydrogen-bond donors (Lipinski definition) is 1. The normalized spacial score (nSPS) is 27.4. The first-order chi connectivity index (χ1) is 6.40. The highest BCUT2D eigenvalue weighted by molar-refractivity contribution is 5.18.